The molecule has 0 radical (unpaired) electrons. The van der Waals surface area contributed by atoms with Crippen LogP contribution in [0.15, 0.2) is 0 Å². The van der Waals surface area contributed by atoms with E-state index in [1.54, 1.807) is 0 Å². The molecular weight excluding hydrogens is 176 g/mol. The molecule has 1 saturated carbocycles. The molecule has 1 aliphatic carbocycles. The van der Waals surface area contributed by atoms with Crippen molar-refractivity contribution in [3.05, 3.63) is 0 Å². The monoisotopic (exact) mass is 198 g/mol. The van der Waals surface area contributed by atoms with E-state index < -0.39 is 0 Å². The standard InChI is InChI=1S/C11H22N2O/c1-3-5-9-8-10(9)13-11(14)6-4-7-12-2/h9-10,12H,3-8H2,1-2H3,(H,13,14). The zero-order valence-electron chi connectivity index (χ0n) is 9.31. The lowest BCUT2D eigenvalue weighted by Gasteiger charge is -2.03. The molecule has 0 saturated heterocycles. The third-order valence-electron chi connectivity index (χ3n) is 2.76. The van der Waals surface area contributed by atoms with Crippen molar-refractivity contribution >= 4 is 5.91 Å². The van der Waals surface area contributed by atoms with E-state index in [4.69, 9.17) is 0 Å². The van der Waals surface area contributed by atoms with Crippen LogP contribution in [0.25, 0.3) is 0 Å². The molecule has 0 aromatic carbocycles. The number of amides is 1. The Morgan fingerprint density at radius 2 is 2.29 bits per heavy atom. The number of carbonyl (C=O) groups is 1. The van der Waals surface area contributed by atoms with E-state index in [-0.39, 0.29) is 5.91 Å². The van der Waals surface area contributed by atoms with Gasteiger partial charge in [0.15, 0.2) is 0 Å². The first kappa shape index (κ1) is 11.5. The molecule has 0 bridgehead atoms. The first-order chi connectivity index (χ1) is 6.77. The van der Waals surface area contributed by atoms with Crippen LogP contribution in [-0.2, 0) is 4.79 Å². The lowest BCUT2D eigenvalue weighted by molar-refractivity contribution is -0.121. The van der Waals surface area contributed by atoms with Crippen molar-refractivity contribution in [3.63, 3.8) is 0 Å². The first-order valence-corrected chi connectivity index (χ1v) is 5.72. The summed E-state index contributed by atoms with van der Waals surface area (Å²) >= 11 is 0. The second-order valence-corrected chi connectivity index (χ2v) is 4.17. The van der Waals surface area contributed by atoms with Crippen molar-refractivity contribution in [2.75, 3.05) is 13.6 Å². The van der Waals surface area contributed by atoms with Gasteiger partial charge in [-0.1, -0.05) is 13.3 Å². The predicted octanol–water partition coefficient (Wildman–Crippen LogP) is 1.29. The average Bonchev–Trinajstić information content (AvgIpc) is 2.85. The second kappa shape index (κ2) is 6.02. The van der Waals surface area contributed by atoms with Crippen molar-refractivity contribution in [1.29, 1.82) is 0 Å². The van der Waals surface area contributed by atoms with Crippen LogP contribution < -0.4 is 10.6 Å². The molecule has 0 aromatic heterocycles. The Bertz CT molecular complexity index is 182. The molecule has 1 rings (SSSR count). The minimum Gasteiger partial charge on any atom is -0.353 e. The molecule has 82 valence electrons. The number of hydrogen-bond acceptors (Lipinski definition) is 2. The molecule has 3 nitrogen and oxygen atoms in total. The number of rotatable bonds is 7. The van der Waals surface area contributed by atoms with Crippen molar-refractivity contribution in [2.24, 2.45) is 5.92 Å². The molecule has 14 heavy (non-hydrogen) atoms. The summed E-state index contributed by atoms with van der Waals surface area (Å²) in [4.78, 5) is 11.4. The highest BCUT2D eigenvalue weighted by Crippen LogP contribution is 2.34. The van der Waals surface area contributed by atoms with Gasteiger partial charge >= 0.3 is 0 Å². The van der Waals surface area contributed by atoms with Gasteiger partial charge in [-0.2, -0.15) is 0 Å². The van der Waals surface area contributed by atoms with Gasteiger partial charge in [-0.15, -0.1) is 0 Å². The Morgan fingerprint density at radius 3 is 2.93 bits per heavy atom. The zero-order chi connectivity index (χ0) is 10.4. The van der Waals surface area contributed by atoms with Gasteiger partial charge in [0, 0.05) is 12.5 Å². The maximum absolute atomic E-state index is 11.4. The molecule has 0 spiro atoms. The fraction of sp³-hybridized carbons (Fsp3) is 0.909. The summed E-state index contributed by atoms with van der Waals surface area (Å²) in [5.74, 6) is 0.997. The fourth-order valence-electron chi connectivity index (χ4n) is 1.82. The number of hydrogen-bond donors (Lipinski definition) is 2. The van der Waals surface area contributed by atoms with Crippen molar-refractivity contribution in [1.82, 2.24) is 10.6 Å². The van der Waals surface area contributed by atoms with Gasteiger partial charge in [0.25, 0.3) is 0 Å². The predicted molar refractivity (Wildman–Crippen MR) is 58.1 cm³/mol. The third-order valence-corrected chi connectivity index (χ3v) is 2.76. The Hall–Kier alpha value is -0.570. The molecule has 0 aromatic rings. The summed E-state index contributed by atoms with van der Waals surface area (Å²) in [6.07, 6.45) is 5.30. The molecule has 0 aliphatic heterocycles. The summed E-state index contributed by atoms with van der Waals surface area (Å²) in [7, 11) is 1.91. The van der Waals surface area contributed by atoms with Gasteiger partial charge in [-0.05, 0) is 38.8 Å². The average molecular weight is 198 g/mol. The quantitative estimate of drug-likeness (QED) is 0.605. The Kier molecular flexibility index (Phi) is 4.94. The third kappa shape index (κ3) is 4.09. The largest absolute Gasteiger partial charge is 0.353 e. The van der Waals surface area contributed by atoms with Crippen LogP contribution in [-0.4, -0.2) is 25.5 Å². The molecule has 2 atom stereocenters. The highest BCUT2D eigenvalue weighted by atomic mass is 16.1. The maximum atomic E-state index is 11.4. The second-order valence-electron chi connectivity index (χ2n) is 4.17. The van der Waals surface area contributed by atoms with Gasteiger partial charge in [-0.3, -0.25) is 4.79 Å². The summed E-state index contributed by atoms with van der Waals surface area (Å²) < 4.78 is 0. The Morgan fingerprint density at radius 1 is 1.50 bits per heavy atom. The van der Waals surface area contributed by atoms with Crippen LogP contribution in [0, 0.1) is 5.92 Å². The maximum Gasteiger partial charge on any atom is 0.220 e. The van der Waals surface area contributed by atoms with E-state index in [0.29, 0.717) is 12.5 Å². The number of carbonyl (C=O) groups excluding carboxylic acids is 1. The van der Waals surface area contributed by atoms with E-state index in [1.807, 2.05) is 7.05 Å². The summed E-state index contributed by atoms with van der Waals surface area (Å²) in [6, 6.07) is 0.497. The van der Waals surface area contributed by atoms with Crippen LogP contribution in [0.4, 0.5) is 0 Å². The Labute approximate surface area is 86.6 Å². The van der Waals surface area contributed by atoms with E-state index in [2.05, 4.69) is 17.6 Å². The summed E-state index contributed by atoms with van der Waals surface area (Å²) in [6.45, 7) is 3.13. The van der Waals surface area contributed by atoms with Crippen molar-refractivity contribution in [3.8, 4) is 0 Å². The normalized spacial score (nSPS) is 24.7. The van der Waals surface area contributed by atoms with E-state index in [1.165, 1.54) is 19.3 Å². The molecule has 1 aliphatic rings. The van der Waals surface area contributed by atoms with E-state index in [9.17, 15) is 4.79 Å². The van der Waals surface area contributed by atoms with Gasteiger partial charge in [-0.25, -0.2) is 0 Å². The molecule has 1 amide bonds. The smallest absolute Gasteiger partial charge is 0.220 e. The van der Waals surface area contributed by atoms with Crippen LogP contribution in [0.1, 0.15) is 39.0 Å². The van der Waals surface area contributed by atoms with Gasteiger partial charge in [0.05, 0.1) is 0 Å². The van der Waals surface area contributed by atoms with Gasteiger partial charge in [0.1, 0.15) is 0 Å². The van der Waals surface area contributed by atoms with Crippen LogP contribution >= 0.6 is 0 Å². The van der Waals surface area contributed by atoms with Crippen molar-refractivity contribution < 1.29 is 4.79 Å². The first-order valence-electron chi connectivity index (χ1n) is 5.72. The zero-order valence-corrected chi connectivity index (χ0v) is 9.31. The van der Waals surface area contributed by atoms with Gasteiger partial charge < -0.3 is 10.6 Å². The minimum absolute atomic E-state index is 0.226. The van der Waals surface area contributed by atoms with Gasteiger partial charge in [0.2, 0.25) is 5.91 Å². The fourth-order valence-corrected chi connectivity index (χ4v) is 1.82. The highest BCUT2D eigenvalue weighted by Gasteiger charge is 2.36. The lowest BCUT2D eigenvalue weighted by Crippen LogP contribution is -2.27. The molecule has 3 heteroatoms. The van der Waals surface area contributed by atoms with Crippen molar-refractivity contribution in [2.45, 2.75) is 45.1 Å². The van der Waals surface area contributed by atoms with Crippen LogP contribution in [0.3, 0.4) is 0 Å². The lowest BCUT2D eigenvalue weighted by atomic mass is 10.2. The van der Waals surface area contributed by atoms with Crippen LogP contribution in [0.5, 0.6) is 0 Å². The minimum atomic E-state index is 0.226. The van der Waals surface area contributed by atoms with E-state index >= 15 is 0 Å². The Balaban J connectivity index is 1.99. The molecule has 0 heterocycles. The molecule has 2 unspecified atom stereocenters. The van der Waals surface area contributed by atoms with E-state index in [0.717, 1.165) is 18.9 Å². The molecular formula is C11H22N2O. The van der Waals surface area contributed by atoms with Crippen LogP contribution in [0.2, 0.25) is 0 Å². The number of nitrogens with one attached hydrogen (secondary N) is 2. The SMILES string of the molecule is CCCC1CC1NC(=O)CCCNC. The highest BCUT2D eigenvalue weighted by molar-refractivity contribution is 5.76. The topological polar surface area (TPSA) is 41.1 Å². The summed E-state index contributed by atoms with van der Waals surface area (Å²) in [5.41, 5.74) is 0. The summed E-state index contributed by atoms with van der Waals surface area (Å²) in [5, 5.41) is 6.12. The molecule has 2 N–H and O–H groups in total. The molecule has 1 fully saturated rings.